The molecule has 0 fully saturated rings. The molecule has 1 aliphatic heterocycles. The highest BCUT2D eigenvalue weighted by Crippen LogP contribution is 2.43. The minimum atomic E-state index is -5.55. The number of nitrogens with two attached hydrogens (primary N) is 1. The Hall–Kier alpha value is -3.41. The van der Waals surface area contributed by atoms with Gasteiger partial charge in [-0.15, -0.1) is 23.4 Å². The molecule has 39 heavy (non-hydrogen) atoms. The van der Waals surface area contributed by atoms with Crippen LogP contribution in [0.2, 0.25) is 0 Å². The third-order valence-corrected chi connectivity index (χ3v) is 7.00. The number of alkyl halides is 7. The van der Waals surface area contributed by atoms with Crippen molar-refractivity contribution in [2.45, 2.75) is 35.9 Å². The first-order valence-corrected chi connectivity index (χ1v) is 12.0. The summed E-state index contributed by atoms with van der Waals surface area (Å²) in [6, 6.07) is 7.13. The Morgan fingerprint density at radius 3 is 2.36 bits per heavy atom. The second-order valence-electron chi connectivity index (χ2n) is 8.13. The SMILES string of the molecule is COC(F)(c1nnc(-c2ccc3c(c2)N(Cc2ccc(OC(F)(F)F)cc2)C(=O)[C@@H](N)C[S+]3[O-])o1)C(F)(F)F. The smallest absolute Gasteiger partial charge is 0.573 e. The van der Waals surface area contributed by atoms with E-state index in [0.29, 0.717) is 12.7 Å². The van der Waals surface area contributed by atoms with Crippen LogP contribution in [-0.4, -0.2) is 52.1 Å². The van der Waals surface area contributed by atoms with Gasteiger partial charge in [0.15, 0.2) is 4.90 Å². The van der Waals surface area contributed by atoms with Crippen LogP contribution in [0.5, 0.6) is 5.75 Å². The van der Waals surface area contributed by atoms with E-state index in [-0.39, 0.29) is 28.4 Å². The normalized spacial score (nSPS) is 19.8. The van der Waals surface area contributed by atoms with E-state index < -0.39 is 59.0 Å². The Kier molecular flexibility index (Phi) is 7.54. The summed E-state index contributed by atoms with van der Waals surface area (Å²) < 4.78 is 117. The van der Waals surface area contributed by atoms with Gasteiger partial charge in [-0.25, -0.2) is 0 Å². The number of anilines is 1. The van der Waals surface area contributed by atoms with Gasteiger partial charge in [0.25, 0.3) is 5.89 Å². The molecule has 0 bridgehead atoms. The molecule has 0 spiro atoms. The highest BCUT2D eigenvalue weighted by molar-refractivity contribution is 7.91. The molecule has 1 amide bonds. The fourth-order valence-corrected chi connectivity index (χ4v) is 4.90. The number of halogens is 7. The summed E-state index contributed by atoms with van der Waals surface area (Å²) in [6.45, 7) is -0.243. The van der Waals surface area contributed by atoms with Gasteiger partial charge < -0.3 is 29.1 Å². The average Bonchev–Trinajstić information content (AvgIpc) is 3.33. The fraction of sp³-hybridized carbons (Fsp3) is 0.318. The third-order valence-electron chi connectivity index (χ3n) is 5.50. The molecule has 3 aromatic rings. The van der Waals surface area contributed by atoms with E-state index in [9.17, 15) is 40.1 Å². The molecule has 2 N–H and O–H groups in total. The molecule has 0 saturated heterocycles. The minimum absolute atomic E-state index is 0.00762. The van der Waals surface area contributed by atoms with E-state index in [1.165, 1.54) is 30.3 Å². The number of benzene rings is 2. The highest BCUT2D eigenvalue weighted by Gasteiger charge is 2.62. The van der Waals surface area contributed by atoms with E-state index in [0.717, 1.165) is 17.0 Å². The number of carbonyl (C=O) groups excluding carboxylic acids is 1. The number of nitrogens with zero attached hydrogens (tertiary/aromatic N) is 3. The highest BCUT2D eigenvalue weighted by atomic mass is 32.2. The Morgan fingerprint density at radius 2 is 1.77 bits per heavy atom. The molecule has 0 saturated carbocycles. The topological polar surface area (TPSA) is 127 Å². The Labute approximate surface area is 217 Å². The van der Waals surface area contributed by atoms with Crippen LogP contribution in [0.3, 0.4) is 0 Å². The molecule has 2 unspecified atom stereocenters. The van der Waals surface area contributed by atoms with Crippen molar-refractivity contribution in [3.8, 4) is 17.2 Å². The predicted octanol–water partition coefficient (Wildman–Crippen LogP) is 3.95. The summed E-state index contributed by atoms with van der Waals surface area (Å²) >= 11 is -1.79. The quantitative estimate of drug-likeness (QED) is 0.342. The lowest BCUT2D eigenvalue weighted by Crippen LogP contribution is -2.45. The standard InChI is InChI=1S/C22H17F7N4O5S/c1-36-20(23,21(24,25)26)19-32-31-17(37-19)12-4-7-16-15(8-12)33(18(34)14(30)10-39(16)35)9-11-2-5-13(6-3-11)38-22(27,28)29/h2-8,14H,9-10,30H2,1H3/t14-,20?,39?/m0/s1. The van der Waals surface area contributed by atoms with Crippen molar-refractivity contribution in [3.05, 3.63) is 53.9 Å². The molecule has 1 aliphatic rings. The molecule has 2 aromatic carbocycles. The van der Waals surface area contributed by atoms with Crippen LogP contribution in [0.15, 0.2) is 51.8 Å². The number of rotatable bonds is 6. The maximum atomic E-state index is 14.5. The fourth-order valence-electron chi connectivity index (χ4n) is 3.63. The van der Waals surface area contributed by atoms with Crippen molar-refractivity contribution >= 4 is 22.8 Å². The lowest BCUT2D eigenvalue weighted by molar-refractivity contribution is -0.341. The third kappa shape index (κ3) is 5.80. The molecular formula is C22H17F7N4O5S. The molecular weight excluding hydrogens is 565 g/mol. The molecule has 9 nitrogen and oxygen atoms in total. The monoisotopic (exact) mass is 582 g/mol. The summed E-state index contributed by atoms with van der Waals surface area (Å²) in [5, 5.41) is 6.55. The first-order chi connectivity index (χ1) is 18.1. The molecule has 210 valence electrons. The van der Waals surface area contributed by atoms with Crippen LogP contribution in [-0.2, 0) is 33.1 Å². The van der Waals surface area contributed by atoms with E-state index in [4.69, 9.17) is 10.2 Å². The Morgan fingerprint density at radius 1 is 1.10 bits per heavy atom. The van der Waals surface area contributed by atoms with E-state index >= 15 is 0 Å². The second-order valence-corrected chi connectivity index (χ2v) is 9.59. The van der Waals surface area contributed by atoms with E-state index in [1.807, 2.05) is 0 Å². The van der Waals surface area contributed by atoms with Gasteiger partial charge in [-0.1, -0.05) is 12.1 Å². The molecule has 0 radical (unpaired) electrons. The van der Waals surface area contributed by atoms with Gasteiger partial charge in [0.05, 0.1) is 6.54 Å². The molecule has 17 heteroatoms. The molecule has 2 heterocycles. The summed E-state index contributed by atoms with van der Waals surface area (Å²) in [7, 11) is 0.462. The number of fused-ring (bicyclic) bond motifs is 1. The molecule has 4 rings (SSSR count). The maximum Gasteiger partial charge on any atom is 0.573 e. The van der Waals surface area contributed by atoms with Crippen LogP contribution in [0.25, 0.3) is 11.5 Å². The zero-order valence-electron chi connectivity index (χ0n) is 19.5. The van der Waals surface area contributed by atoms with Crippen molar-refractivity contribution < 1.29 is 54.0 Å². The van der Waals surface area contributed by atoms with Gasteiger partial charge in [0.1, 0.15) is 23.2 Å². The number of hydrogen-bond acceptors (Lipinski definition) is 8. The van der Waals surface area contributed by atoms with Crippen LogP contribution in [0.4, 0.5) is 36.4 Å². The lowest BCUT2D eigenvalue weighted by atomic mass is 10.1. The number of aromatic nitrogens is 2. The lowest BCUT2D eigenvalue weighted by Gasteiger charge is -2.23. The van der Waals surface area contributed by atoms with Crippen LogP contribution < -0.4 is 15.4 Å². The van der Waals surface area contributed by atoms with Crippen LogP contribution in [0, 0.1) is 0 Å². The number of hydrogen-bond donors (Lipinski definition) is 1. The summed E-state index contributed by atoms with van der Waals surface area (Å²) in [6.07, 6.45) is -10.5. The van der Waals surface area contributed by atoms with Gasteiger partial charge in [-0.2, -0.15) is 17.6 Å². The molecule has 0 aliphatic carbocycles. The van der Waals surface area contributed by atoms with Crippen molar-refractivity contribution in [2.75, 3.05) is 17.8 Å². The molecule has 1 aromatic heterocycles. The largest absolute Gasteiger partial charge is 0.611 e. The number of ether oxygens (including phenoxy) is 2. The second kappa shape index (κ2) is 10.3. The average molecular weight is 582 g/mol. The first kappa shape index (κ1) is 28.6. The molecule has 3 atom stereocenters. The van der Waals surface area contributed by atoms with Gasteiger partial charge in [-0.3, -0.25) is 4.79 Å². The van der Waals surface area contributed by atoms with Crippen molar-refractivity contribution in [1.29, 1.82) is 0 Å². The maximum absolute atomic E-state index is 14.5. The van der Waals surface area contributed by atoms with Gasteiger partial charge in [-0.05, 0) is 47.1 Å². The predicted molar refractivity (Wildman–Crippen MR) is 119 cm³/mol. The number of methoxy groups -OCH3 is 1. The zero-order valence-corrected chi connectivity index (χ0v) is 20.4. The zero-order chi connectivity index (χ0) is 28.8. The van der Waals surface area contributed by atoms with Crippen LogP contribution >= 0.6 is 0 Å². The summed E-state index contributed by atoms with van der Waals surface area (Å²) in [5.74, 6) is -7.93. The first-order valence-electron chi connectivity index (χ1n) is 10.7. The van der Waals surface area contributed by atoms with Gasteiger partial charge >= 0.3 is 18.4 Å². The van der Waals surface area contributed by atoms with Gasteiger partial charge in [0, 0.05) is 12.7 Å². The van der Waals surface area contributed by atoms with Crippen LogP contribution in [0.1, 0.15) is 11.5 Å². The minimum Gasteiger partial charge on any atom is -0.611 e. The van der Waals surface area contributed by atoms with Crippen molar-refractivity contribution in [2.24, 2.45) is 5.73 Å². The number of amides is 1. The van der Waals surface area contributed by atoms with Crippen molar-refractivity contribution in [1.82, 2.24) is 10.2 Å². The Balaban J connectivity index is 1.72. The van der Waals surface area contributed by atoms with Crippen molar-refractivity contribution in [3.63, 3.8) is 0 Å². The van der Waals surface area contributed by atoms with E-state index in [2.05, 4.69) is 19.7 Å². The van der Waals surface area contributed by atoms with E-state index in [1.54, 1.807) is 0 Å². The number of carbonyl (C=O) groups is 1. The van der Waals surface area contributed by atoms with Gasteiger partial charge in [0.2, 0.25) is 11.8 Å². The summed E-state index contributed by atoms with van der Waals surface area (Å²) in [5.41, 5.74) is 6.19. The summed E-state index contributed by atoms with van der Waals surface area (Å²) in [4.78, 5) is 14.3. The Bertz CT molecular complexity index is 1350.